The van der Waals surface area contributed by atoms with Gasteiger partial charge in [-0.15, -0.1) is 0 Å². The maximum Gasteiger partial charge on any atom is 0.168 e. The van der Waals surface area contributed by atoms with Crippen LogP contribution in [-0.2, 0) is 16.0 Å². The van der Waals surface area contributed by atoms with Crippen molar-refractivity contribution in [3.05, 3.63) is 34.4 Å². The summed E-state index contributed by atoms with van der Waals surface area (Å²) < 4.78 is 5.37. The van der Waals surface area contributed by atoms with E-state index in [-0.39, 0.29) is 5.78 Å². The first-order valence-corrected chi connectivity index (χ1v) is 6.49. The van der Waals surface area contributed by atoms with Gasteiger partial charge in [-0.05, 0) is 50.8 Å². The van der Waals surface area contributed by atoms with E-state index in [9.17, 15) is 4.79 Å². The predicted octanol–water partition coefficient (Wildman–Crippen LogP) is 3.54. The summed E-state index contributed by atoms with van der Waals surface area (Å²) in [5.41, 5.74) is 4.10. The molecule has 0 radical (unpaired) electrons. The molecule has 0 aliphatic rings. The number of hydrogen-bond acceptors (Lipinski definition) is 2. The van der Waals surface area contributed by atoms with Crippen molar-refractivity contribution in [1.29, 1.82) is 0 Å². The van der Waals surface area contributed by atoms with Gasteiger partial charge in [-0.3, -0.25) is 4.79 Å². The lowest BCUT2D eigenvalue weighted by molar-refractivity contribution is -0.138. The minimum atomic E-state index is -0.663. The molecule has 1 aromatic rings. The number of ketones is 1. The van der Waals surface area contributed by atoms with Gasteiger partial charge >= 0.3 is 0 Å². The van der Waals surface area contributed by atoms with Crippen LogP contribution in [-0.4, -0.2) is 18.5 Å². The van der Waals surface area contributed by atoms with Crippen molar-refractivity contribution in [2.24, 2.45) is 0 Å². The van der Waals surface area contributed by atoms with Crippen LogP contribution in [0.3, 0.4) is 0 Å². The van der Waals surface area contributed by atoms with E-state index in [2.05, 4.69) is 32.9 Å². The molecule has 0 saturated heterocycles. The molecule has 0 fully saturated rings. The monoisotopic (exact) mass is 248 g/mol. The average Bonchev–Trinajstić information content (AvgIpc) is 2.32. The Morgan fingerprint density at radius 3 is 2.11 bits per heavy atom. The van der Waals surface area contributed by atoms with Gasteiger partial charge in [0.05, 0.1) is 0 Å². The smallest absolute Gasteiger partial charge is 0.168 e. The molecule has 0 bridgehead atoms. The molecular formula is C16H24O2. The van der Waals surface area contributed by atoms with Crippen molar-refractivity contribution in [1.82, 2.24) is 0 Å². The van der Waals surface area contributed by atoms with E-state index < -0.39 is 5.60 Å². The fourth-order valence-corrected chi connectivity index (χ4v) is 2.29. The van der Waals surface area contributed by atoms with Crippen LogP contribution in [0, 0.1) is 20.8 Å². The third kappa shape index (κ3) is 2.99. The number of aryl methyl sites for hydroxylation is 3. The van der Waals surface area contributed by atoms with Crippen molar-refractivity contribution >= 4 is 5.78 Å². The maximum atomic E-state index is 12.4. The highest BCUT2D eigenvalue weighted by atomic mass is 16.5. The van der Waals surface area contributed by atoms with E-state index in [0.717, 1.165) is 5.56 Å². The van der Waals surface area contributed by atoms with E-state index >= 15 is 0 Å². The van der Waals surface area contributed by atoms with E-state index in [1.54, 1.807) is 7.11 Å². The van der Waals surface area contributed by atoms with Crippen LogP contribution < -0.4 is 0 Å². The highest BCUT2D eigenvalue weighted by molar-refractivity contribution is 5.89. The fourth-order valence-electron chi connectivity index (χ4n) is 2.29. The molecule has 1 atom stereocenters. The van der Waals surface area contributed by atoms with Gasteiger partial charge in [-0.1, -0.05) is 24.6 Å². The molecule has 2 heteroatoms. The quantitative estimate of drug-likeness (QED) is 0.796. The zero-order valence-corrected chi connectivity index (χ0v) is 12.4. The van der Waals surface area contributed by atoms with Gasteiger partial charge in [0, 0.05) is 13.5 Å². The summed E-state index contributed by atoms with van der Waals surface area (Å²) in [4.78, 5) is 12.4. The highest BCUT2D eigenvalue weighted by Crippen LogP contribution is 2.22. The molecule has 0 heterocycles. The Balaban J connectivity index is 3.02. The molecule has 0 N–H and O–H groups in total. The lowest BCUT2D eigenvalue weighted by Crippen LogP contribution is -2.38. The Bertz CT molecular complexity index is 419. The van der Waals surface area contributed by atoms with Crippen LogP contribution >= 0.6 is 0 Å². The number of carbonyl (C=O) groups is 1. The normalized spacial score (nSPS) is 14.3. The first kappa shape index (κ1) is 14.9. The van der Waals surface area contributed by atoms with Gasteiger partial charge < -0.3 is 4.74 Å². The molecule has 18 heavy (non-hydrogen) atoms. The zero-order valence-electron chi connectivity index (χ0n) is 12.4. The van der Waals surface area contributed by atoms with Crippen LogP contribution in [0.2, 0.25) is 0 Å². The zero-order chi connectivity index (χ0) is 13.9. The molecule has 0 aliphatic heterocycles. The summed E-state index contributed by atoms with van der Waals surface area (Å²) >= 11 is 0. The predicted molar refractivity (Wildman–Crippen MR) is 75.1 cm³/mol. The van der Waals surface area contributed by atoms with Crippen LogP contribution in [0.1, 0.15) is 42.5 Å². The Labute approximate surface area is 110 Å². The fraction of sp³-hybridized carbons (Fsp3) is 0.562. The topological polar surface area (TPSA) is 26.3 Å². The summed E-state index contributed by atoms with van der Waals surface area (Å²) in [6.07, 6.45) is 1.16. The largest absolute Gasteiger partial charge is 0.371 e. The molecule has 2 nitrogen and oxygen atoms in total. The molecule has 1 unspecified atom stereocenters. The second-order valence-electron chi connectivity index (χ2n) is 5.27. The van der Waals surface area contributed by atoms with Crippen molar-refractivity contribution in [3.8, 4) is 0 Å². The number of hydrogen-bond donors (Lipinski definition) is 0. The van der Waals surface area contributed by atoms with Gasteiger partial charge in [-0.2, -0.15) is 0 Å². The van der Waals surface area contributed by atoms with Gasteiger partial charge in [0.2, 0.25) is 0 Å². The first-order valence-electron chi connectivity index (χ1n) is 6.49. The van der Waals surface area contributed by atoms with E-state index in [4.69, 9.17) is 4.74 Å². The second-order valence-corrected chi connectivity index (χ2v) is 5.27. The average molecular weight is 248 g/mol. The van der Waals surface area contributed by atoms with Gasteiger partial charge in [0.15, 0.2) is 5.78 Å². The Morgan fingerprint density at radius 2 is 1.72 bits per heavy atom. The van der Waals surface area contributed by atoms with Gasteiger partial charge in [-0.25, -0.2) is 0 Å². The van der Waals surface area contributed by atoms with Crippen LogP contribution in [0.4, 0.5) is 0 Å². The Hall–Kier alpha value is -1.15. The molecule has 0 aliphatic carbocycles. The standard InChI is InChI=1S/C16H24O2/c1-7-16(5,18-6)15(17)10-14-12(3)8-11(2)9-13(14)4/h8-9H,7,10H2,1-6H3. The number of methoxy groups -OCH3 is 1. The number of Topliss-reactive ketones (excluding diaryl/α,β-unsaturated/α-hetero) is 1. The summed E-state index contributed by atoms with van der Waals surface area (Å²) in [6.45, 7) is 10.1. The Kier molecular flexibility index (Phi) is 4.69. The van der Waals surface area contributed by atoms with E-state index in [1.165, 1.54) is 16.7 Å². The van der Waals surface area contributed by atoms with E-state index in [1.807, 2.05) is 13.8 Å². The molecule has 1 rings (SSSR count). The van der Waals surface area contributed by atoms with Crippen molar-refractivity contribution in [3.63, 3.8) is 0 Å². The van der Waals surface area contributed by atoms with Crippen molar-refractivity contribution in [2.75, 3.05) is 7.11 Å². The van der Waals surface area contributed by atoms with Crippen LogP contribution in [0.25, 0.3) is 0 Å². The van der Waals surface area contributed by atoms with Crippen LogP contribution in [0.15, 0.2) is 12.1 Å². The van der Waals surface area contributed by atoms with Crippen LogP contribution in [0.5, 0.6) is 0 Å². The van der Waals surface area contributed by atoms with Gasteiger partial charge in [0.1, 0.15) is 5.60 Å². The second kappa shape index (κ2) is 5.66. The minimum absolute atomic E-state index is 0.155. The molecule has 0 saturated carbocycles. The van der Waals surface area contributed by atoms with Crippen molar-refractivity contribution < 1.29 is 9.53 Å². The number of rotatable bonds is 5. The number of carbonyl (C=O) groups excluding carboxylic acids is 1. The third-order valence-electron chi connectivity index (χ3n) is 3.89. The summed E-state index contributed by atoms with van der Waals surface area (Å²) in [5.74, 6) is 0.155. The minimum Gasteiger partial charge on any atom is -0.371 e. The summed E-state index contributed by atoms with van der Waals surface area (Å²) in [7, 11) is 1.61. The number of benzene rings is 1. The van der Waals surface area contributed by atoms with Crippen molar-refractivity contribution in [2.45, 2.75) is 53.1 Å². The summed E-state index contributed by atoms with van der Waals surface area (Å²) in [6, 6.07) is 4.26. The Morgan fingerprint density at radius 1 is 1.22 bits per heavy atom. The maximum absolute atomic E-state index is 12.4. The molecular weight excluding hydrogens is 224 g/mol. The molecule has 0 spiro atoms. The first-order chi connectivity index (χ1) is 8.34. The molecule has 1 aromatic carbocycles. The highest BCUT2D eigenvalue weighted by Gasteiger charge is 2.31. The van der Waals surface area contributed by atoms with Gasteiger partial charge in [0.25, 0.3) is 0 Å². The molecule has 0 aromatic heterocycles. The lowest BCUT2D eigenvalue weighted by atomic mass is 9.88. The summed E-state index contributed by atoms with van der Waals surface area (Å²) in [5, 5.41) is 0. The lowest BCUT2D eigenvalue weighted by Gasteiger charge is -2.25. The molecule has 0 amide bonds. The SMILES string of the molecule is CCC(C)(OC)C(=O)Cc1c(C)cc(C)cc1C. The van der Waals surface area contributed by atoms with E-state index in [0.29, 0.717) is 12.8 Å². The third-order valence-corrected chi connectivity index (χ3v) is 3.89. The number of ether oxygens (including phenoxy) is 1. The molecule has 100 valence electrons.